The molecule has 0 fully saturated rings. The molecule has 8 nitrogen and oxygen atoms in total. The van der Waals surface area contributed by atoms with Crippen LogP contribution in [0.2, 0.25) is 0 Å². The summed E-state index contributed by atoms with van der Waals surface area (Å²) < 4.78 is 0. The Kier molecular flexibility index (Phi) is 9.43. The highest BCUT2D eigenvalue weighted by atomic mass is 16.2. The number of hydrogen-bond acceptors (Lipinski definition) is 6. The van der Waals surface area contributed by atoms with Crippen molar-refractivity contribution in [3.63, 3.8) is 0 Å². The first-order valence-corrected chi connectivity index (χ1v) is 11.5. The number of benzene rings is 3. The Hall–Kier alpha value is -4.82. The summed E-state index contributed by atoms with van der Waals surface area (Å²) in [6.07, 6.45) is 0.713. The Bertz CT molecular complexity index is 1300. The standard InChI is InChI=1S/C28H27N7O/c1-21-10-12-23(13-11-21)28(36)34-33-27(32-31-24-8-4-3-5-9-24)26-15-14-25(20-22(26)2)35(18-6-16-29)19-7-17-30/h3-5,8-15,20H,6-7,18-19H2,1-2H3,(H,34,36)/b32-31?,33-27-. The average Bonchev–Trinajstić information content (AvgIpc) is 2.90. The lowest BCUT2D eigenvalue weighted by Crippen LogP contribution is -2.25. The highest BCUT2D eigenvalue weighted by molar-refractivity contribution is 6.02. The van der Waals surface area contributed by atoms with Crippen molar-refractivity contribution in [3.05, 3.63) is 95.1 Å². The van der Waals surface area contributed by atoms with E-state index < -0.39 is 0 Å². The molecule has 3 aromatic carbocycles. The van der Waals surface area contributed by atoms with Gasteiger partial charge in [-0.05, 0) is 61.9 Å². The fraction of sp³-hybridized carbons (Fsp3) is 0.214. The molecule has 0 atom stereocenters. The molecule has 0 saturated carbocycles. The molecule has 0 aliphatic rings. The maximum atomic E-state index is 12.6. The molecule has 8 heteroatoms. The number of rotatable bonds is 9. The predicted octanol–water partition coefficient (Wildman–Crippen LogP) is 5.81. The van der Waals surface area contributed by atoms with E-state index in [-0.39, 0.29) is 11.7 Å². The maximum absolute atomic E-state index is 12.6. The Labute approximate surface area is 211 Å². The Morgan fingerprint density at radius 2 is 1.58 bits per heavy atom. The second kappa shape index (κ2) is 13.2. The van der Waals surface area contributed by atoms with Crippen LogP contribution in [0.5, 0.6) is 0 Å². The molecule has 1 N–H and O–H groups in total. The third kappa shape index (κ3) is 7.34. The number of nitriles is 2. The van der Waals surface area contributed by atoms with Crippen molar-refractivity contribution in [1.29, 1.82) is 10.5 Å². The first-order valence-electron chi connectivity index (χ1n) is 11.5. The van der Waals surface area contributed by atoms with Crippen molar-refractivity contribution in [1.82, 2.24) is 5.43 Å². The van der Waals surface area contributed by atoms with Crippen molar-refractivity contribution >= 4 is 23.1 Å². The van der Waals surface area contributed by atoms with E-state index >= 15 is 0 Å². The number of hydrogen-bond donors (Lipinski definition) is 1. The molecular formula is C28H27N7O. The number of amides is 1. The number of nitrogens with one attached hydrogen (secondary N) is 1. The summed E-state index contributed by atoms with van der Waals surface area (Å²) >= 11 is 0. The van der Waals surface area contributed by atoms with Crippen molar-refractivity contribution in [3.8, 4) is 12.1 Å². The average molecular weight is 478 g/mol. The molecule has 0 bridgehead atoms. The van der Waals surface area contributed by atoms with Crippen LogP contribution in [0.15, 0.2) is 88.1 Å². The number of azo groups is 1. The lowest BCUT2D eigenvalue weighted by Gasteiger charge is -2.23. The summed E-state index contributed by atoms with van der Waals surface area (Å²) in [7, 11) is 0. The minimum absolute atomic E-state index is 0.254. The van der Waals surface area contributed by atoms with Gasteiger partial charge in [0.25, 0.3) is 5.91 Å². The van der Waals surface area contributed by atoms with Gasteiger partial charge in [0.1, 0.15) is 0 Å². The fourth-order valence-corrected chi connectivity index (χ4v) is 3.44. The highest BCUT2D eigenvalue weighted by Gasteiger charge is 2.13. The molecule has 0 heterocycles. The summed E-state index contributed by atoms with van der Waals surface area (Å²) in [6.45, 7) is 4.92. The van der Waals surface area contributed by atoms with E-state index in [1.54, 1.807) is 12.1 Å². The molecule has 180 valence electrons. The van der Waals surface area contributed by atoms with E-state index in [2.05, 4.69) is 32.9 Å². The predicted molar refractivity (Wildman–Crippen MR) is 140 cm³/mol. The van der Waals surface area contributed by atoms with Gasteiger partial charge in [0, 0.05) is 29.9 Å². The molecule has 0 aliphatic heterocycles. The van der Waals surface area contributed by atoms with Crippen LogP contribution in [-0.4, -0.2) is 24.8 Å². The zero-order valence-electron chi connectivity index (χ0n) is 20.3. The van der Waals surface area contributed by atoms with Gasteiger partial charge < -0.3 is 4.90 Å². The van der Waals surface area contributed by atoms with E-state index in [1.807, 2.05) is 79.4 Å². The molecule has 0 unspecified atom stereocenters. The smallest absolute Gasteiger partial charge is 0.271 e. The molecule has 3 aromatic rings. The van der Waals surface area contributed by atoms with Crippen LogP contribution < -0.4 is 10.3 Å². The molecule has 0 radical (unpaired) electrons. The van der Waals surface area contributed by atoms with Crippen LogP contribution in [0.1, 0.15) is 39.9 Å². The molecule has 36 heavy (non-hydrogen) atoms. The maximum Gasteiger partial charge on any atom is 0.271 e. The number of carbonyl (C=O) groups is 1. The zero-order valence-corrected chi connectivity index (χ0v) is 20.3. The summed E-state index contributed by atoms with van der Waals surface area (Å²) in [5, 5.41) is 30.9. The van der Waals surface area contributed by atoms with Crippen LogP contribution in [0.4, 0.5) is 11.4 Å². The second-order valence-electron chi connectivity index (χ2n) is 8.08. The number of anilines is 1. The van der Waals surface area contributed by atoms with Crippen LogP contribution in [-0.2, 0) is 0 Å². The molecule has 0 aliphatic carbocycles. The minimum Gasteiger partial charge on any atom is -0.369 e. The number of hydrazone groups is 1. The van der Waals surface area contributed by atoms with Gasteiger partial charge in [0.05, 0.1) is 30.7 Å². The van der Waals surface area contributed by atoms with Crippen molar-refractivity contribution in [2.75, 3.05) is 18.0 Å². The molecule has 3 rings (SSSR count). The number of aryl methyl sites for hydroxylation is 2. The number of nitrogens with zero attached hydrogens (tertiary/aromatic N) is 6. The van der Waals surface area contributed by atoms with Crippen LogP contribution in [0.25, 0.3) is 0 Å². The fourth-order valence-electron chi connectivity index (χ4n) is 3.44. The van der Waals surface area contributed by atoms with Gasteiger partial charge in [0.15, 0.2) is 0 Å². The first kappa shape index (κ1) is 25.8. The van der Waals surface area contributed by atoms with E-state index in [0.717, 1.165) is 16.8 Å². The molecule has 0 saturated heterocycles. The third-order valence-electron chi connectivity index (χ3n) is 5.40. The van der Waals surface area contributed by atoms with Gasteiger partial charge in [-0.3, -0.25) is 4.79 Å². The Morgan fingerprint density at radius 3 is 2.19 bits per heavy atom. The molecule has 0 spiro atoms. The minimum atomic E-state index is -0.351. The summed E-state index contributed by atoms with van der Waals surface area (Å²) in [5.74, 6) is -0.0974. The summed E-state index contributed by atoms with van der Waals surface area (Å²) in [6, 6.07) is 26.5. The van der Waals surface area contributed by atoms with Gasteiger partial charge in [-0.1, -0.05) is 35.9 Å². The number of amidine groups is 1. The normalized spacial score (nSPS) is 11.1. The van der Waals surface area contributed by atoms with E-state index in [4.69, 9.17) is 10.5 Å². The van der Waals surface area contributed by atoms with Gasteiger partial charge in [-0.2, -0.15) is 10.5 Å². The number of carbonyl (C=O) groups excluding carboxylic acids is 1. The van der Waals surface area contributed by atoms with Crippen LogP contribution in [0.3, 0.4) is 0 Å². The topological polar surface area (TPSA) is 117 Å². The largest absolute Gasteiger partial charge is 0.369 e. The van der Waals surface area contributed by atoms with Crippen molar-refractivity contribution in [2.45, 2.75) is 26.7 Å². The summed E-state index contributed by atoms with van der Waals surface area (Å²) in [4.78, 5) is 14.6. The zero-order chi connectivity index (χ0) is 25.8. The molecule has 0 aromatic heterocycles. The Balaban J connectivity index is 1.92. The van der Waals surface area contributed by atoms with Gasteiger partial charge in [0.2, 0.25) is 5.84 Å². The van der Waals surface area contributed by atoms with Crippen molar-refractivity contribution in [2.24, 2.45) is 15.3 Å². The van der Waals surface area contributed by atoms with E-state index in [1.165, 1.54) is 0 Å². The molecular weight excluding hydrogens is 450 g/mol. The van der Waals surface area contributed by atoms with Gasteiger partial charge in [-0.15, -0.1) is 15.3 Å². The Morgan fingerprint density at radius 1 is 0.917 bits per heavy atom. The first-order chi connectivity index (χ1) is 17.5. The highest BCUT2D eigenvalue weighted by Crippen LogP contribution is 2.22. The van der Waals surface area contributed by atoms with Gasteiger partial charge in [-0.25, -0.2) is 5.43 Å². The second-order valence-corrected chi connectivity index (χ2v) is 8.08. The SMILES string of the molecule is Cc1ccc(C(=O)N/N=C(\N=Nc2ccccc2)c2ccc(N(CCC#N)CCC#N)cc2C)cc1. The molecule has 1 amide bonds. The lowest BCUT2D eigenvalue weighted by atomic mass is 10.1. The van der Waals surface area contributed by atoms with Crippen LogP contribution in [0, 0.1) is 36.5 Å². The van der Waals surface area contributed by atoms with Gasteiger partial charge >= 0.3 is 0 Å². The van der Waals surface area contributed by atoms with Crippen molar-refractivity contribution < 1.29 is 4.79 Å². The van der Waals surface area contributed by atoms with E-state index in [9.17, 15) is 4.79 Å². The quantitative estimate of drug-likeness (QED) is 0.181. The third-order valence-corrected chi connectivity index (χ3v) is 5.40. The monoisotopic (exact) mass is 477 g/mol. The van der Waals surface area contributed by atoms with Crippen LogP contribution >= 0.6 is 0 Å². The summed E-state index contributed by atoms with van der Waals surface area (Å²) in [5.41, 5.74) is 7.24. The lowest BCUT2D eigenvalue weighted by molar-refractivity contribution is 0.0955. The van der Waals surface area contributed by atoms with E-state index in [0.29, 0.717) is 42.7 Å².